The van der Waals surface area contributed by atoms with Crippen LogP contribution in [0.3, 0.4) is 0 Å². The van der Waals surface area contributed by atoms with Crippen molar-refractivity contribution in [2.75, 3.05) is 45.8 Å². The van der Waals surface area contributed by atoms with E-state index in [0.717, 1.165) is 44.8 Å². The fourth-order valence-corrected chi connectivity index (χ4v) is 7.15. The highest BCUT2D eigenvalue weighted by molar-refractivity contribution is 7.89. The summed E-state index contributed by atoms with van der Waals surface area (Å²) in [4.78, 5) is 17.5. The number of hydrogen-bond donors (Lipinski definition) is 0. The number of amides is 1. The van der Waals surface area contributed by atoms with E-state index in [0.29, 0.717) is 31.7 Å². The van der Waals surface area contributed by atoms with Crippen molar-refractivity contribution >= 4 is 27.5 Å². The van der Waals surface area contributed by atoms with Crippen LogP contribution in [0.15, 0.2) is 23.1 Å². The first kappa shape index (κ1) is 23.0. The topological polar surface area (TPSA) is 60.9 Å². The number of benzene rings is 1. The lowest BCUT2D eigenvalue weighted by Gasteiger charge is -2.37. The zero-order valence-corrected chi connectivity index (χ0v) is 19.8. The summed E-state index contributed by atoms with van der Waals surface area (Å²) in [5.74, 6) is 0.693. The molecule has 0 aromatic heterocycles. The van der Waals surface area contributed by atoms with Gasteiger partial charge in [0.25, 0.3) is 5.91 Å². The van der Waals surface area contributed by atoms with E-state index in [4.69, 9.17) is 11.6 Å². The quantitative estimate of drug-likeness (QED) is 0.659. The van der Waals surface area contributed by atoms with Gasteiger partial charge in [0.05, 0.1) is 5.02 Å². The minimum Gasteiger partial charge on any atom is -0.336 e. The maximum Gasteiger partial charge on any atom is 0.253 e. The Morgan fingerprint density at radius 2 is 1.55 bits per heavy atom. The molecule has 0 bridgehead atoms. The molecule has 0 unspecified atom stereocenters. The second-order valence-corrected chi connectivity index (χ2v) is 11.5. The third-order valence-corrected chi connectivity index (χ3v) is 9.39. The zero-order valence-electron chi connectivity index (χ0n) is 18.3. The standard InChI is InChI=1S/C23H34ClN3O3S/c24-21-10-9-20(17-22(21)31(29,30)27-11-5-2-6-12-27)23(28)26-15-13-25(14-16-26)18-19-7-3-1-4-8-19/h9-10,17,19H,1-8,11-16,18H2. The Labute approximate surface area is 191 Å². The largest absolute Gasteiger partial charge is 0.336 e. The van der Waals surface area contributed by atoms with Gasteiger partial charge in [0.2, 0.25) is 10.0 Å². The molecule has 4 rings (SSSR count). The van der Waals surface area contributed by atoms with Gasteiger partial charge in [-0.05, 0) is 49.8 Å². The molecule has 2 heterocycles. The Kier molecular flexibility index (Phi) is 7.57. The molecule has 1 aromatic carbocycles. The second-order valence-electron chi connectivity index (χ2n) is 9.21. The molecule has 0 atom stereocenters. The third-order valence-electron chi connectivity index (χ3n) is 7.01. The number of piperidine rings is 1. The monoisotopic (exact) mass is 467 g/mol. The van der Waals surface area contributed by atoms with E-state index in [-0.39, 0.29) is 15.8 Å². The Morgan fingerprint density at radius 1 is 0.903 bits per heavy atom. The summed E-state index contributed by atoms with van der Waals surface area (Å²) in [6.07, 6.45) is 9.50. The summed E-state index contributed by atoms with van der Waals surface area (Å²) in [6, 6.07) is 4.67. The van der Waals surface area contributed by atoms with Crippen LogP contribution in [0, 0.1) is 5.92 Å². The average Bonchev–Trinajstić information content (AvgIpc) is 2.80. The van der Waals surface area contributed by atoms with Crippen LogP contribution >= 0.6 is 11.6 Å². The highest BCUT2D eigenvalue weighted by Gasteiger charge is 2.30. The maximum absolute atomic E-state index is 13.1. The van der Waals surface area contributed by atoms with E-state index < -0.39 is 10.0 Å². The molecule has 31 heavy (non-hydrogen) atoms. The van der Waals surface area contributed by atoms with Gasteiger partial charge in [0, 0.05) is 51.4 Å². The summed E-state index contributed by atoms with van der Waals surface area (Å²) in [5.41, 5.74) is 0.403. The number of halogens is 1. The number of carbonyl (C=O) groups is 1. The number of nitrogens with zero attached hydrogens (tertiary/aromatic N) is 3. The normalized spacial score (nSPS) is 22.5. The number of rotatable bonds is 5. The summed E-state index contributed by atoms with van der Waals surface area (Å²) in [5, 5.41) is 0.180. The van der Waals surface area contributed by atoms with E-state index in [9.17, 15) is 13.2 Å². The smallest absolute Gasteiger partial charge is 0.253 e. The van der Waals surface area contributed by atoms with Gasteiger partial charge < -0.3 is 4.90 Å². The molecule has 1 saturated carbocycles. The van der Waals surface area contributed by atoms with Gasteiger partial charge in [-0.15, -0.1) is 0 Å². The number of piperazine rings is 1. The Balaban J connectivity index is 1.40. The van der Waals surface area contributed by atoms with Gasteiger partial charge in [-0.3, -0.25) is 9.69 Å². The van der Waals surface area contributed by atoms with E-state index in [1.54, 1.807) is 12.1 Å². The first-order valence-electron chi connectivity index (χ1n) is 11.8. The van der Waals surface area contributed by atoms with Crippen LogP contribution in [-0.4, -0.2) is 74.2 Å². The lowest BCUT2D eigenvalue weighted by atomic mass is 9.89. The highest BCUT2D eigenvalue weighted by atomic mass is 35.5. The molecule has 1 aliphatic carbocycles. The van der Waals surface area contributed by atoms with Crippen LogP contribution in [0.5, 0.6) is 0 Å². The van der Waals surface area contributed by atoms with Gasteiger partial charge in [-0.2, -0.15) is 4.31 Å². The van der Waals surface area contributed by atoms with Gasteiger partial charge in [-0.1, -0.05) is 37.3 Å². The predicted octanol–water partition coefficient (Wildman–Crippen LogP) is 3.85. The number of carbonyl (C=O) groups excluding carboxylic acids is 1. The SMILES string of the molecule is O=C(c1ccc(Cl)c(S(=O)(=O)N2CCCCC2)c1)N1CCN(CC2CCCCC2)CC1. The van der Waals surface area contributed by atoms with Crippen LogP contribution in [0.1, 0.15) is 61.7 Å². The van der Waals surface area contributed by atoms with Crippen LogP contribution in [0.25, 0.3) is 0 Å². The molecule has 6 nitrogen and oxygen atoms in total. The molecule has 0 spiro atoms. The van der Waals surface area contributed by atoms with Crippen molar-refractivity contribution in [3.05, 3.63) is 28.8 Å². The van der Waals surface area contributed by atoms with Crippen molar-refractivity contribution in [1.82, 2.24) is 14.1 Å². The molecule has 1 amide bonds. The fraction of sp³-hybridized carbons (Fsp3) is 0.696. The molecule has 8 heteroatoms. The van der Waals surface area contributed by atoms with Crippen LogP contribution < -0.4 is 0 Å². The van der Waals surface area contributed by atoms with Gasteiger partial charge in [0.1, 0.15) is 4.90 Å². The van der Waals surface area contributed by atoms with Crippen LogP contribution in [0.2, 0.25) is 5.02 Å². The van der Waals surface area contributed by atoms with E-state index in [1.807, 2.05) is 4.90 Å². The molecule has 0 N–H and O–H groups in total. The second kappa shape index (κ2) is 10.2. The van der Waals surface area contributed by atoms with Crippen molar-refractivity contribution in [1.29, 1.82) is 0 Å². The van der Waals surface area contributed by atoms with Gasteiger partial charge in [0.15, 0.2) is 0 Å². The fourth-order valence-electron chi connectivity index (χ4n) is 5.13. The van der Waals surface area contributed by atoms with Gasteiger partial charge in [-0.25, -0.2) is 8.42 Å². The van der Waals surface area contributed by atoms with Crippen molar-refractivity contribution < 1.29 is 13.2 Å². The average molecular weight is 468 g/mol. The van der Waals surface area contributed by atoms with E-state index in [1.165, 1.54) is 42.5 Å². The van der Waals surface area contributed by atoms with Crippen LogP contribution in [0.4, 0.5) is 0 Å². The third kappa shape index (κ3) is 5.44. The molecule has 2 saturated heterocycles. The Hall–Kier alpha value is -1.15. The van der Waals surface area contributed by atoms with Crippen molar-refractivity contribution in [2.24, 2.45) is 5.92 Å². The number of sulfonamides is 1. The van der Waals surface area contributed by atoms with E-state index >= 15 is 0 Å². The Morgan fingerprint density at radius 3 is 2.23 bits per heavy atom. The Bertz CT molecular complexity index is 872. The first-order valence-corrected chi connectivity index (χ1v) is 13.6. The summed E-state index contributed by atoms with van der Waals surface area (Å²) in [7, 11) is -3.68. The van der Waals surface area contributed by atoms with Crippen molar-refractivity contribution in [3.63, 3.8) is 0 Å². The summed E-state index contributed by atoms with van der Waals surface area (Å²) in [6.45, 7) is 5.30. The van der Waals surface area contributed by atoms with Gasteiger partial charge >= 0.3 is 0 Å². The molecular weight excluding hydrogens is 434 g/mol. The molecule has 172 valence electrons. The minimum absolute atomic E-state index is 0.0536. The lowest BCUT2D eigenvalue weighted by molar-refractivity contribution is 0.0606. The minimum atomic E-state index is -3.68. The summed E-state index contributed by atoms with van der Waals surface area (Å²) >= 11 is 6.26. The molecular formula is C23H34ClN3O3S. The molecule has 3 fully saturated rings. The molecule has 2 aliphatic heterocycles. The lowest BCUT2D eigenvalue weighted by Crippen LogP contribution is -2.49. The highest BCUT2D eigenvalue weighted by Crippen LogP contribution is 2.29. The molecule has 3 aliphatic rings. The van der Waals surface area contributed by atoms with Crippen molar-refractivity contribution in [2.45, 2.75) is 56.3 Å². The number of hydrogen-bond acceptors (Lipinski definition) is 4. The zero-order chi connectivity index (χ0) is 21.8. The predicted molar refractivity (Wildman–Crippen MR) is 123 cm³/mol. The van der Waals surface area contributed by atoms with Crippen LogP contribution in [-0.2, 0) is 10.0 Å². The molecule has 0 radical (unpaired) electrons. The maximum atomic E-state index is 13.1. The van der Waals surface area contributed by atoms with Crippen molar-refractivity contribution in [3.8, 4) is 0 Å². The van der Waals surface area contributed by atoms with E-state index in [2.05, 4.69) is 4.90 Å². The molecule has 1 aromatic rings. The summed E-state index contributed by atoms with van der Waals surface area (Å²) < 4.78 is 27.7. The first-order chi connectivity index (χ1) is 14.9.